The van der Waals surface area contributed by atoms with Crippen molar-refractivity contribution in [2.45, 2.75) is 24.9 Å². The largest absolute Gasteiger partial charge is 0.466 e. The van der Waals surface area contributed by atoms with Gasteiger partial charge in [0.15, 0.2) is 0 Å². The summed E-state index contributed by atoms with van der Waals surface area (Å²) in [6.07, 6.45) is -5.35. The Hall–Kier alpha value is -2.36. The molecule has 1 aromatic carbocycles. The Morgan fingerprint density at radius 2 is 1.92 bits per heavy atom. The fourth-order valence-electron chi connectivity index (χ4n) is 2.48. The van der Waals surface area contributed by atoms with Crippen LogP contribution in [-0.2, 0) is 9.53 Å². The number of rotatable bonds is 3. The molecule has 0 radical (unpaired) electrons. The number of amides is 2. The minimum absolute atomic E-state index is 0.00646. The van der Waals surface area contributed by atoms with Crippen LogP contribution in [0.15, 0.2) is 24.3 Å². The van der Waals surface area contributed by atoms with E-state index in [4.69, 9.17) is 0 Å². The summed E-state index contributed by atoms with van der Waals surface area (Å²) in [6, 6.07) is 1.23. The number of hydrogen-bond donors (Lipinski definition) is 3. The van der Waals surface area contributed by atoms with Crippen LogP contribution in [0.1, 0.15) is 18.5 Å². The number of carbonyl (C=O) groups excluding carboxylic acids is 2. The van der Waals surface area contributed by atoms with Crippen molar-refractivity contribution >= 4 is 12.0 Å². The predicted octanol–water partition coefficient (Wildman–Crippen LogP) is 1.61. The smallest absolute Gasteiger partial charge is 0.437 e. The van der Waals surface area contributed by atoms with E-state index in [2.05, 4.69) is 10.1 Å². The number of ether oxygens (including phenoxy) is 1. The van der Waals surface area contributed by atoms with Gasteiger partial charge < -0.3 is 20.5 Å². The number of esters is 1. The lowest BCUT2D eigenvalue weighted by molar-refractivity contribution is -0.294. The molecule has 1 aliphatic rings. The van der Waals surface area contributed by atoms with Crippen molar-refractivity contribution in [2.24, 2.45) is 5.92 Å². The summed E-state index contributed by atoms with van der Waals surface area (Å²) in [5.74, 6) is -4.24. The Kier molecular flexibility index (Phi) is 4.70. The molecular formula is C14H14F4N2O4. The molecule has 3 N–H and O–H groups in total. The van der Waals surface area contributed by atoms with Crippen LogP contribution in [0, 0.1) is 11.7 Å². The predicted molar refractivity (Wildman–Crippen MR) is 71.9 cm³/mol. The van der Waals surface area contributed by atoms with Crippen molar-refractivity contribution in [1.82, 2.24) is 10.6 Å². The summed E-state index contributed by atoms with van der Waals surface area (Å²) in [6.45, 7) is 1.15. The van der Waals surface area contributed by atoms with Crippen LogP contribution >= 0.6 is 0 Å². The molecule has 1 aliphatic heterocycles. The van der Waals surface area contributed by atoms with Gasteiger partial charge >= 0.3 is 18.2 Å². The van der Waals surface area contributed by atoms with Crippen molar-refractivity contribution in [1.29, 1.82) is 0 Å². The molecule has 1 aromatic rings. The molecule has 10 heteroatoms. The van der Waals surface area contributed by atoms with E-state index in [-0.39, 0.29) is 12.2 Å². The maximum Gasteiger partial charge on any atom is 0.437 e. The minimum atomic E-state index is -5.35. The number of nitrogens with one attached hydrogen (secondary N) is 2. The number of urea groups is 1. The third kappa shape index (κ3) is 3.14. The maximum atomic E-state index is 13.3. The summed E-state index contributed by atoms with van der Waals surface area (Å²) >= 11 is 0. The standard InChI is InChI=1S/C14H14F4N2O4/c1-2-24-11(21)9-10(7-3-5-8(15)6-4-7)19-12(22)20-13(9,23)14(16,17)18/h3-6,9-10,23H,2H2,1H3,(H2,19,20,22)/t9-,10+,13-/m0/s1. The minimum Gasteiger partial charge on any atom is -0.466 e. The number of aliphatic hydroxyl groups is 1. The molecule has 24 heavy (non-hydrogen) atoms. The third-order valence-electron chi connectivity index (χ3n) is 3.58. The van der Waals surface area contributed by atoms with Gasteiger partial charge in [0, 0.05) is 0 Å². The van der Waals surface area contributed by atoms with Gasteiger partial charge in [-0.3, -0.25) is 4.79 Å². The van der Waals surface area contributed by atoms with E-state index in [0.29, 0.717) is 0 Å². The van der Waals surface area contributed by atoms with Gasteiger partial charge in [0.05, 0.1) is 12.6 Å². The normalized spacial score (nSPS) is 27.2. The van der Waals surface area contributed by atoms with Gasteiger partial charge in [0.2, 0.25) is 0 Å². The molecule has 0 spiro atoms. The molecule has 1 saturated heterocycles. The number of benzene rings is 1. The molecule has 0 aliphatic carbocycles. The van der Waals surface area contributed by atoms with Gasteiger partial charge in [-0.15, -0.1) is 0 Å². The molecule has 1 heterocycles. The van der Waals surface area contributed by atoms with Crippen molar-refractivity contribution in [2.75, 3.05) is 6.61 Å². The number of carbonyl (C=O) groups is 2. The number of hydrogen-bond acceptors (Lipinski definition) is 4. The van der Waals surface area contributed by atoms with E-state index in [0.717, 1.165) is 24.3 Å². The van der Waals surface area contributed by atoms with E-state index in [1.807, 2.05) is 0 Å². The second kappa shape index (κ2) is 6.27. The SMILES string of the molecule is CCOC(=O)[C@@H]1[C@@H](c2ccc(F)cc2)NC(=O)N[C@@]1(O)C(F)(F)F. The van der Waals surface area contributed by atoms with Gasteiger partial charge in [0.25, 0.3) is 5.72 Å². The molecule has 0 unspecified atom stereocenters. The highest BCUT2D eigenvalue weighted by Crippen LogP contribution is 2.43. The summed E-state index contributed by atoms with van der Waals surface area (Å²) in [5, 5.41) is 13.5. The molecular weight excluding hydrogens is 336 g/mol. The monoisotopic (exact) mass is 350 g/mol. The van der Waals surface area contributed by atoms with Gasteiger partial charge in [-0.1, -0.05) is 12.1 Å². The van der Waals surface area contributed by atoms with Crippen LogP contribution < -0.4 is 10.6 Å². The lowest BCUT2D eigenvalue weighted by Crippen LogP contribution is -2.73. The Labute approximate surface area is 133 Å². The highest BCUT2D eigenvalue weighted by Gasteiger charge is 2.67. The van der Waals surface area contributed by atoms with Gasteiger partial charge in [-0.2, -0.15) is 13.2 Å². The van der Waals surface area contributed by atoms with Crippen LogP contribution in [0.2, 0.25) is 0 Å². The lowest BCUT2D eigenvalue weighted by atomic mass is 9.82. The van der Waals surface area contributed by atoms with Crippen LogP contribution in [0.3, 0.4) is 0 Å². The molecule has 0 saturated carbocycles. The van der Waals surface area contributed by atoms with E-state index in [9.17, 15) is 32.3 Å². The highest BCUT2D eigenvalue weighted by atomic mass is 19.4. The molecule has 6 nitrogen and oxygen atoms in total. The average molecular weight is 350 g/mol. The topological polar surface area (TPSA) is 87.7 Å². The summed E-state index contributed by atoms with van der Waals surface area (Å²) < 4.78 is 57.7. The number of halogens is 4. The summed E-state index contributed by atoms with van der Waals surface area (Å²) in [7, 11) is 0. The lowest BCUT2D eigenvalue weighted by Gasteiger charge is -2.44. The second-order valence-corrected chi connectivity index (χ2v) is 5.12. The van der Waals surface area contributed by atoms with E-state index in [1.165, 1.54) is 12.2 Å². The van der Waals surface area contributed by atoms with Crippen molar-refractivity contribution < 1.29 is 37.0 Å². The van der Waals surface area contributed by atoms with Gasteiger partial charge in [-0.05, 0) is 24.6 Å². The van der Waals surface area contributed by atoms with Crippen molar-refractivity contribution in [3.8, 4) is 0 Å². The zero-order chi connectivity index (χ0) is 18.1. The van der Waals surface area contributed by atoms with Crippen LogP contribution in [0.5, 0.6) is 0 Å². The third-order valence-corrected chi connectivity index (χ3v) is 3.58. The van der Waals surface area contributed by atoms with Crippen LogP contribution in [-0.4, -0.2) is 35.6 Å². The molecule has 0 aromatic heterocycles. The first-order valence-electron chi connectivity index (χ1n) is 6.90. The zero-order valence-corrected chi connectivity index (χ0v) is 12.4. The quantitative estimate of drug-likeness (QED) is 0.571. The van der Waals surface area contributed by atoms with Crippen LogP contribution in [0.4, 0.5) is 22.4 Å². The molecule has 2 rings (SSSR count). The van der Waals surface area contributed by atoms with Crippen LogP contribution in [0.25, 0.3) is 0 Å². The molecule has 3 atom stereocenters. The Morgan fingerprint density at radius 3 is 2.42 bits per heavy atom. The molecule has 2 amide bonds. The van der Waals surface area contributed by atoms with Gasteiger partial charge in [-0.25, -0.2) is 9.18 Å². The Bertz CT molecular complexity index is 635. The average Bonchev–Trinajstić information content (AvgIpc) is 2.46. The fourth-order valence-corrected chi connectivity index (χ4v) is 2.48. The molecule has 132 valence electrons. The maximum absolute atomic E-state index is 13.3. The van der Waals surface area contributed by atoms with Gasteiger partial charge in [0.1, 0.15) is 11.7 Å². The van der Waals surface area contributed by atoms with E-state index < -0.39 is 41.7 Å². The highest BCUT2D eigenvalue weighted by molar-refractivity contribution is 5.83. The van der Waals surface area contributed by atoms with E-state index in [1.54, 1.807) is 0 Å². The first-order valence-corrected chi connectivity index (χ1v) is 6.90. The first-order chi connectivity index (χ1) is 11.1. The Morgan fingerprint density at radius 1 is 1.33 bits per heavy atom. The summed E-state index contributed by atoms with van der Waals surface area (Å²) in [4.78, 5) is 23.7. The molecule has 1 fully saturated rings. The zero-order valence-electron chi connectivity index (χ0n) is 12.4. The Balaban J connectivity index is 2.55. The molecule has 0 bridgehead atoms. The summed E-state index contributed by atoms with van der Waals surface area (Å²) in [5.41, 5.74) is -3.83. The van der Waals surface area contributed by atoms with Crippen molar-refractivity contribution in [3.05, 3.63) is 35.6 Å². The second-order valence-electron chi connectivity index (χ2n) is 5.12. The van der Waals surface area contributed by atoms with Crippen molar-refractivity contribution in [3.63, 3.8) is 0 Å². The fraction of sp³-hybridized carbons (Fsp3) is 0.429. The number of alkyl halides is 3. The van der Waals surface area contributed by atoms with E-state index >= 15 is 0 Å². The first kappa shape index (κ1) is 18.0.